The predicted molar refractivity (Wildman–Crippen MR) is 61.4 cm³/mol. The van der Waals surface area contributed by atoms with E-state index in [0.29, 0.717) is 0 Å². The Hall–Kier alpha value is -1.36. The molecule has 1 aromatic carbocycles. The molecule has 0 radical (unpaired) electrons. The molecule has 0 bridgehead atoms. The average molecular weight is 315 g/mol. The fraction of sp³-hybridized carbons (Fsp3) is 0.400. The molecule has 0 amide bonds. The lowest BCUT2D eigenvalue weighted by Gasteiger charge is -2.14. The molecule has 20 heavy (non-hydrogen) atoms. The largest absolute Gasteiger partial charge is 0.573 e. The quantitative estimate of drug-likeness (QED) is 0.698. The zero-order valence-corrected chi connectivity index (χ0v) is 10.8. The fourth-order valence-electron chi connectivity index (χ4n) is 1.24. The number of ether oxygens (including phenoxy) is 1. The van der Waals surface area contributed by atoms with E-state index in [0.717, 1.165) is 24.3 Å². The molecule has 10 heteroatoms. The van der Waals surface area contributed by atoms with Crippen molar-refractivity contribution in [1.82, 2.24) is 4.72 Å². The van der Waals surface area contributed by atoms with Crippen molar-refractivity contribution >= 4 is 10.0 Å². The molecular weight excluding hydrogens is 303 g/mol. The summed E-state index contributed by atoms with van der Waals surface area (Å²) in [6.07, 6.45) is -4.86. The highest BCUT2D eigenvalue weighted by Gasteiger charge is 2.31. The van der Waals surface area contributed by atoms with Crippen LogP contribution in [0.15, 0.2) is 29.2 Å². The van der Waals surface area contributed by atoms with Gasteiger partial charge in [-0.1, -0.05) is 0 Å². The standard InChI is InChI=1S/C10H12F3NO5S/c11-10(12,13)19-8-1-3-9(4-2-8)20(17,18)14-7(5-15)6-16/h1-4,7,14-16H,5-6H2. The molecule has 0 saturated carbocycles. The van der Waals surface area contributed by atoms with Crippen molar-refractivity contribution in [3.63, 3.8) is 0 Å². The first-order chi connectivity index (χ1) is 9.18. The molecule has 0 fully saturated rings. The number of hydrogen-bond donors (Lipinski definition) is 3. The first-order valence-corrected chi connectivity index (χ1v) is 6.76. The van der Waals surface area contributed by atoms with Gasteiger partial charge >= 0.3 is 6.36 Å². The second kappa shape index (κ2) is 6.39. The summed E-state index contributed by atoms with van der Waals surface area (Å²) in [4.78, 5) is -0.320. The Labute approximate surface area is 112 Å². The molecule has 0 atom stereocenters. The van der Waals surface area contributed by atoms with E-state index in [1.54, 1.807) is 0 Å². The topological polar surface area (TPSA) is 95.9 Å². The molecule has 0 aliphatic heterocycles. The van der Waals surface area contributed by atoms with Gasteiger partial charge in [0.25, 0.3) is 0 Å². The van der Waals surface area contributed by atoms with Crippen molar-refractivity contribution in [1.29, 1.82) is 0 Å². The smallest absolute Gasteiger partial charge is 0.406 e. The summed E-state index contributed by atoms with van der Waals surface area (Å²) < 4.78 is 64.9. The summed E-state index contributed by atoms with van der Waals surface area (Å²) in [5.74, 6) is -0.558. The highest BCUT2D eigenvalue weighted by atomic mass is 32.2. The Morgan fingerprint density at radius 3 is 2.05 bits per heavy atom. The Bertz CT molecular complexity index is 525. The van der Waals surface area contributed by atoms with E-state index in [1.165, 1.54) is 0 Å². The minimum absolute atomic E-state index is 0.320. The van der Waals surface area contributed by atoms with Crippen LogP contribution in [0.5, 0.6) is 5.75 Å². The third-order valence-corrected chi connectivity index (χ3v) is 3.67. The SMILES string of the molecule is O=S(=O)(NC(CO)CO)c1ccc(OC(F)(F)F)cc1. The lowest BCUT2D eigenvalue weighted by atomic mass is 10.3. The zero-order chi connectivity index (χ0) is 15.4. The minimum Gasteiger partial charge on any atom is -0.406 e. The number of halogens is 3. The van der Waals surface area contributed by atoms with E-state index < -0.39 is 41.4 Å². The van der Waals surface area contributed by atoms with E-state index >= 15 is 0 Å². The van der Waals surface area contributed by atoms with Gasteiger partial charge in [0.1, 0.15) is 5.75 Å². The van der Waals surface area contributed by atoms with Gasteiger partial charge in [-0.25, -0.2) is 13.1 Å². The molecule has 6 nitrogen and oxygen atoms in total. The number of aliphatic hydroxyl groups excluding tert-OH is 2. The second-order valence-corrected chi connectivity index (χ2v) is 5.42. The molecule has 0 saturated heterocycles. The molecule has 1 aromatic rings. The van der Waals surface area contributed by atoms with Crippen LogP contribution in [0.3, 0.4) is 0 Å². The van der Waals surface area contributed by atoms with Crippen LogP contribution < -0.4 is 9.46 Å². The molecule has 0 heterocycles. The van der Waals surface area contributed by atoms with Crippen molar-refractivity contribution < 1.29 is 36.5 Å². The number of aliphatic hydroxyl groups is 2. The van der Waals surface area contributed by atoms with Gasteiger partial charge in [0.2, 0.25) is 10.0 Å². The normalized spacial score (nSPS) is 12.7. The molecule has 0 spiro atoms. The number of nitrogens with one attached hydrogen (secondary N) is 1. The average Bonchev–Trinajstić information content (AvgIpc) is 2.34. The third kappa shape index (κ3) is 4.96. The van der Waals surface area contributed by atoms with Gasteiger partial charge in [0.05, 0.1) is 24.2 Å². The maximum absolute atomic E-state index is 11.9. The van der Waals surface area contributed by atoms with E-state index in [1.807, 2.05) is 4.72 Å². The van der Waals surface area contributed by atoms with Gasteiger partial charge in [-0.15, -0.1) is 13.2 Å². The van der Waals surface area contributed by atoms with Crippen LogP contribution in [0.1, 0.15) is 0 Å². The molecule has 0 unspecified atom stereocenters. The summed E-state index contributed by atoms with van der Waals surface area (Å²) >= 11 is 0. The van der Waals surface area contributed by atoms with Crippen molar-refractivity contribution in [2.45, 2.75) is 17.3 Å². The van der Waals surface area contributed by atoms with E-state index in [9.17, 15) is 21.6 Å². The number of alkyl halides is 3. The zero-order valence-electron chi connectivity index (χ0n) is 9.96. The van der Waals surface area contributed by atoms with Crippen LogP contribution in [-0.2, 0) is 10.0 Å². The summed E-state index contributed by atoms with van der Waals surface area (Å²) in [5, 5.41) is 17.6. The molecule has 1 rings (SSSR count). The maximum atomic E-state index is 11.9. The summed E-state index contributed by atoms with van der Waals surface area (Å²) in [7, 11) is -4.05. The Morgan fingerprint density at radius 1 is 1.15 bits per heavy atom. The molecule has 114 valence electrons. The van der Waals surface area contributed by atoms with E-state index in [-0.39, 0.29) is 4.90 Å². The molecule has 0 aliphatic rings. The first-order valence-electron chi connectivity index (χ1n) is 5.28. The predicted octanol–water partition coefficient (Wildman–Crippen LogP) is 0.217. The van der Waals surface area contributed by atoms with E-state index in [2.05, 4.69) is 4.74 Å². The highest BCUT2D eigenvalue weighted by molar-refractivity contribution is 7.89. The summed E-state index contributed by atoms with van der Waals surface area (Å²) in [5.41, 5.74) is 0. The van der Waals surface area contributed by atoms with Gasteiger partial charge < -0.3 is 14.9 Å². The third-order valence-electron chi connectivity index (χ3n) is 2.13. The minimum atomic E-state index is -4.86. The fourth-order valence-corrected chi connectivity index (χ4v) is 2.46. The number of sulfonamides is 1. The highest BCUT2D eigenvalue weighted by Crippen LogP contribution is 2.23. The van der Waals surface area contributed by atoms with Crippen LogP contribution in [-0.4, -0.2) is 44.2 Å². The van der Waals surface area contributed by atoms with Gasteiger partial charge in [-0.2, -0.15) is 0 Å². The summed E-state index contributed by atoms with van der Waals surface area (Å²) in [6.45, 7) is -1.24. The van der Waals surface area contributed by atoms with Crippen molar-refractivity contribution in [2.75, 3.05) is 13.2 Å². The Morgan fingerprint density at radius 2 is 1.65 bits per heavy atom. The van der Waals surface area contributed by atoms with Crippen molar-refractivity contribution in [2.24, 2.45) is 0 Å². The molecule has 0 aromatic heterocycles. The first kappa shape index (κ1) is 16.7. The monoisotopic (exact) mass is 315 g/mol. The molecular formula is C10H12F3NO5S. The Kier molecular flexibility index (Phi) is 5.34. The van der Waals surface area contributed by atoms with Crippen LogP contribution in [0.4, 0.5) is 13.2 Å². The van der Waals surface area contributed by atoms with Crippen LogP contribution >= 0.6 is 0 Å². The second-order valence-electron chi connectivity index (χ2n) is 3.70. The maximum Gasteiger partial charge on any atom is 0.573 e. The number of rotatable bonds is 6. The number of hydrogen-bond acceptors (Lipinski definition) is 5. The van der Waals surface area contributed by atoms with Gasteiger partial charge in [-0.3, -0.25) is 0 Å². The lowest BCUT2D eigenvalue weighted by Crippen LogP contribution is -2.39. The van der Waals surface area contributed by atoms with Crippen molar-refractivity contribution in [3.8, 4) is 5.75 Å². The van der Waals surface area contributed by atoms with Crippen LogP contribution in [0.2, 0.25) is 0 Å². The Balaban J connectivity index is 2.87. The van der Waals surface area contributed by atoms with Crippen LogP contribution in [0.25, 0.3) is 0 Å². The number of benzene rings is 1. The van der Waals surface area contributed by atoms with Gasteiger partial charge in [0, 0.05) is 0 Å². The van der Waals surface area contributed by atoms with Gasteiger partial charge in [0.15, 0.2) is 0 Å². The summed E-state index contributed by atoms with van der Waals surface area (Å²) in [6, 6.07) is 2.42. The molecule has 3 N–H and O–H groups in total. The molecule has 0 aliphatic carbocycles. The lowest BCUT2D eigenvalue weighted by molar-refractivity contribution is -0.274. The van der Waals surface area contributed by atoms with Crippen molar-refractivity contribution in [3.05, 3.63) is 24.3 Å². The van der Waals surface area contributed by atoms with Crippen LogP contribution in [0, 0.1) is 0 Å². The van der Waals surface area contributed by atoms with E-state index in [4.69, 9.17) is 10.2 Å². The van der Waals surface area contributed by atoms with Gasteiger partial charge in [-0.05, 0) is 24.3 Å².